The number of carbonyl (C=O) groups excluding carboxylic acids is 1. The van der Waals surface area contributed by atoms with Gasteiger partial charge in [0.25, 0.3) is 0 Å². The molecular formula is C16H30N2O. The number of nitrogens with zero attached hydrogens (tertiary/aromatic N) is 1. The summed E-state index contributed by atoms with van der Waals surface area (Å²) in [6.07, 6.45) is 10.2. The fourth-order valence-electron chi connectivity index (χ4n) is 3.85. The minimum Gasteiger partial charge on any atom is -0.337 e. The third-order valence-electron chi connectivity index (χ3n) is 5.14. The SMILES string of the molecule is CC1CCCC(C)N1C(=O)CCC1CCC(N)CC1. The second-order valence-electron chi connectivity index (χ2n) is 6.75. The Morgan fingerprint density at radius 2 is 1.63 bits per heavy atom. The molecule has 0 aromatic heterocycles. The van der Waals surface area contributed by atoms with Gasteiger partial charge in [0.1, 0.15) is 0 Å². The third-order valence-corrected chi connectivity index (χ3v) is 5.14. The number of hydrogen-bond acceptors (Lipinski definition) is 2. The third kappa shape index (κ3) is 3.95. The normalized spacial score (nSPS) is 36.3. The second-order valence-corrected chi connectivity index (χ2v) is 6.75. The first-order valence-corrected chi connectivity index (χ1v) is 8.14. The van der Waals surface area contributed by atoms with E-state index in [-0.39, 0.29) is 0 Å². The fraction of sp³-hybridized carbons (Fsp3) is 0.938. The van der Waals surface area contributed by atoms with Gasteiger partial charge in [0.05, 0.1) is 0 Å². The van der Waals surface area contributed by atoms with Crippen LogP contribution >= 0.6 is 0 Å². The lowest BCUT2D eigenvalue weighted by Crippen LogP contribution is -2.47. The molecule has 3 nitrogen and oxygen atoms in total. The molecular weight excluding hydrogens is 236 g/mol. The van der Waals surface area contributed by atoms with Gasteiger partial charge in [0, 0.05) is 24.5 Å². The Kier molecular flexibility index (Phi) is 5.26. The molecule has 1 saturated carbocycles. The molecule has 1 aliphatic carbocycles. The molecule has 1 heterocycles. The van der Waals surface area contributed by atoms with Crippen LogP contribution in [0.25, 0.3) is 0 Å². The zero-order valence-electron chi connectivity index (χ0n) is 12.6. The highest BCUT2D eigenvalue weighted by Crippen LogP contribution is 2.29. The Hall–Kier alpha value is -0.570. The molecule has 2 aliphatic rings. The maximum absolute atomic E-state index is 12.4. The van der Waals surface area contributed by atoms with Gasteiger partial charge in [0.15, 0.2) is 0 Å². The quantitative estimate of drug-likeness (QED) is 0.853. The number of rotatable bonds is 3. The summed E-state index contributed by atoms with van der Waals surface area (Å²) >= 11 is 0. The van der Waals surface area contributed by atoms with E-state index < -0.39 is 0 Å². The molecule has 1 amide bonds. The first-order valence-electron chi connectivity index (χ1n) is 8.14. The average Bonchev–Trinajstić information content (AvgIpc) is 2.38. The zero-order valence-corrected chi connectivity index (χ0v) is 12.6. The molecule has 2 N–H and O–H groups in total. The topological polar surface area (TPSA) is 46.3 Å². The van der Waals surface area contributed by atoms with Crippen LogP contribution in [-0.2, 0) is 4.79 Å². The first kappa shape index (κ1) is 14.8. The van der Waals surface area contributed by atoms with Crippen molar-refractivity contribution < 1.29 is 4.79 Å². The van der Waals surface area contributed by atoms with Gasteiger partial charge in [-0.3, -0.25) is 4.79 Å². The van der Waals surface area contributed by atoms with E-state index in [4.69, 9.17) is 5.73 Å². The smallest absolute Gasteiger partial charge is 0.223 e. The Balaban J connectivity index is 1.77. The van der Waals surface area contributed by atoms with Crippen molar-refractivity contribution in [2.24, 2.45) is 11.7 Å². The van der Waals surface area contributed by atoms with Gasteiger partial charge in [-0.15, -0.1) is 0 Å². The van der Waals surface area contributed by atoms with Crippen LogP contribution in [-0.4, -0.2) is 28.9 Å². The molecule has 2 rings (SSSR count). The zero-order chi connectivity index (χ0) is 13.8. The monoisotopic (exact) mass is 266 g/mol. The van der Waals surface area contributed by atoms with Gasteiger partial charge < -0.3 is 10.6 Å². The van der Waals surface area contributed by atoms with E-state index in [0.717, 1.165) is 31.6 Å². The van der Waals surface area contributed by atoms with Crippen molar-refractivity contribution in [3.05, 3.63) is 0 Å². The van der Waals surface area contributed by atoms with Crippen LogP contribution in [0, 0.1) is 5.92 Å². The van der Waals surface area contributed by atoms with Gasteiger partial charge in [-0.25, -0.2) is 0 Å². The lowest BCUT2D eigenvalue weighted by atomic mass is 9.83. The number of hydrogen-bond donors (Lipinski definition) is 1. The molecule has 110 valence electrons. The molecule has 19 heavy (non-hydrogen) atoms. The number of nitrogens with two attached hydrogens (primary N) is 1. The van der Waals surface area contributed by atoms with Crippen LogP contribution in [0.3, 0.4) is 0 Å². The average molecular weight is 266 g/mol. The molecule has 2 atom stereocenters. The minimum atomic E-state index is 0.384. The van der Waals surface area contributed by atoms with E-state index in [0.29, 0.717) is 24.0 Å². The maximum Gasteiger partial charge on any atom is 0.223 e. The van der Waals surface area contributed by atoms with Crippen LogP contribution in [0.4, 0.5) is 0 Å². The molecule has 3 heteroatoms. The van der Waals surface area contributed by atoms with E-state index in [9.17, 15) is 4.79 Å². The van der Waals surface area contributed by atoms with Crippen LogP contribution < -0.4 is 5.73 Å². The van der Waals surface area contributed by atoms with Crippen LogP contribution in [0.15, 0.2) is 0 Å². The van der Waals surface area contributed by atoms with Crippen molar-refractivity contribution >= 4 is 5.91 Å². The van der Waals surface area contributed by atoms with Crippen molar-refractivity contribution in [3.8, 4) is 0 Å². The molecule has 1 aliphatic heterocycles. The van der Waals surface area contributed by atoms with Gasteiger partial charge in [0.2, 0.25) is 5.91 Å². The molecule has 1 saturated heterocycles. The van der Waals surface area contributed by atoms with Gasteiger partial charge in [-0.05, 0) is 71.1 Å². The molecule has 0 spiro atoms. The van der Waals surface area contributed by atoms with Crippen LogP contribution in [0.2, 0.25) is 0 Å². The lowest BCUT2D eigenvalue weighted by molar-refractivity contribution is -0.137. The molecule has 0 aromatic carbocycles. The Bertz CT molecular complexity index is 287. The number of piperidine rings is 1. The van der Waals surface area contributed by atoms with Crippen molar-refractivity contribution in [1.82, 2.24) is 4.90 Å². The standard InChI is InChI=1S/C16H30N2O/c1-12-4-3-5-13(2)18(12)16(19)11-8-14-6-9-15(17)10-7-14/h12-15H,3-11,17H2,1-2H3. The van der Waals surface area contributed by atoms with E-state index in [1.54, 1.807) is 0 Å². The largest absolute Gasteiger partial charge is 0.337 e. The lowest BCUT2D eigenvalue weighted by Gasteiger charge is -2.39. The molecule has 0 aromatic rings. The molecule has 2 fully saturated rings. The summed E-state index contributed by atoms with van der Waals surface area (Å²) in [7, 11) is 0. The first-order chi connectivity index (χ1) is 9.08. The number of carbonyl (C=O) groups is 1. The highest BCUT2D eigenvalue weighted by Gasteiger charge is 2.29. The fourth-order valence-corrected chi connectivity index (χ4v) is 3.85. The van der Waals surface area contributed by atoms with Gasteiger partial charge in [-0.1, -0.05) is 0 Å². The highest BCUT2D eigenvalue weighted by molar-refractivity contribution is 5.77. The van der Waals surface area contributed by atoms with E-state index in [2.05, 4.69) is 18.7 Å². The predicted octanol–water partition coefficient (Wildman–Crippen LogP) is 3.07. The van der Waals surface area contributed by atoms with Gasteiger partial charge >= 0.3 is 0 Å². The Labute approximate surface area is 117 Å². The minimum absolute atomic E-state index is 0.384. The summed E-state index contributed by atoms with van der Waals surface area (Å²) in [5, 5.41) is 0. The van der Waals surface area contributed by atoms with E-state index in [1.807, 2.05) is 0 Å². The summed E-state index contributed by atoms with van der Waals surface area (Å²) in [4.78, 5) is 14.6. The molecule has 0 radical (unpaired) electrons. The second kappa shape index (κ2) is 6.74. The number of amides is 1. The summed E-state index contributed by atoms with van der Waals surface area (Å²) in [5.41, 5.74) is 5.93. The molecule has 0 bridgehead atoms. The van der Waals surface area contributed by atoms with Crippen molar-refractivity contribution in [1.29, 1.82) is 0 Å². The van der Waals surface area contributed by atoms with Crippen LogP contribution in [0.1, 0.15) is 71.6 Å². The van der Waals surface area contributed by atoms with Gasteiger partial charge in [-0.2, -0.15) is 0 Å². The summed E-state index contributed by atoms with van der Waals surface area (Å²) in [6.45, 7) is 4.40. The Morgan fingerprint density at radius 1 is 1.05 bits per heavy atom. The summed E-state index contributed by atoms with van der Waals surface area (Å²) in [6, 6.07) is 1.29. The van der Waals surface area contributed by atoms with Crippen molar-refractivity contribution in [3.63, 3.8) is 0 Å². The summed E-state index contributed by atoms with van der Waals surface area (Å²) in [5.74, 6) is 1.12. The van der Waals surface area contributed by atoms with Crippen LogP contribution in [0.5, 0.6) is 0 Å². The number of likely N-dealkylation sites (tertiary alicyclic amines) is 1. The Morgan fingerprint density at radius 3 is 2.21 bits per heavy atom. The van der Waals surface area contributed by atoms with E-state index >= 15 is 0 Å². The summed E-state index contributed by atoms with van der Waals surface area (Å²) < 4.78 is 0. The van der Waals surface area contributed by atoms with Crippen molar-refractivity contribution in [2.75, 3.05) is 0 Å². The molecule has 2 unspecified atom stereocenters. The van der Waals surface area contributed by atoms with E-state index in [1.165, 1.54) is 32.1 Å². The van der Waals surface area contributed by atoms with Crippen molar-refractivity contribution in [2.45, 2.75) is 89.8 Å². The highest BCUT2D eigenvalue weighted by atomic mass is 16.2. The predicted molar refractivity (Wildman–Crippen MR) is 78.8 cm³/mol. The maximum atomic E-state index is 12.4.